The molecule has 2 amide bonds. The molecule has 2 aromatic rings. The quantitative estimate of drug-likeness (QED) is 0.810. The number of hydrogen-bond acceptors (Lipinski definition) is 3. The zero-order chi connectivity index (χ0) is 18.5. The minimum absolute atomic E-state index is 0.0457. The molecule has 0 spiro atoms. The average Bonchev–Trinajstić information content (AvgIpc) is 2.61. The van der Waals surface area contributed by atoms with E-state index in [9.17, 15) is 14.0 Å². The lowest BCUT2D eigenvalue weighted by molar-refractivity contribution is -0.120. The highest BCUT2D eigenvalue weighted by Crippen LogP contribution is 2.29. The van der Waals surface area contributed by atoms with Gasteiger partial charge in [-0.2, -0.15) is 0 Å². The molecule has 134 valence electrons. The fourth-order valence-corrected chi connectivity index (χ4v) is 2.92. The number of rotatable bonds is 4. The number of benzene rings is 2. The van der Waals surface area contributed by atoms with Gasteiger partial charge in [0, 0.05) is 24.9 Å². The molecule has 0 aromatic heterocycles. The molecule has 7 heteroatoms. The largest absolute Gasteiger partial charge is 0.359 e. The van der Waals surface area contributed by atoms with E-state index in [2.05, 4.69) is 10.6 Å². The van der Waals surface area contributed by atoms with Crippen molar-refractivity contribution in [3.05, 3.63) is 64.9 Å². The number of carbonyl (C=O) groups is 2. The molecule has 1 aliphatic heterocycles. The van der Waals surface area contributed by atoms with Crippen LogP contribution in [0.25, 0.3) is 6.08 Å². The summed E-state index contributed by atoms with van der Waals surface area (Å²) in [6.45, 7) is 1.51. The second-order valence-electron chi connectivity index (χ2n) is 5.81. The molecular formula is C19H17ClFN3O2. The highest BCUT2D eigenvalue weighted by atomic mass is 35.5. The lowest BCUT2D eigenvalue weighted by Crippen LogP contribution is -2.47. The van der Waals surface area contributed by atoms with Gasteiger partial charge in [0.1, 0.15) is 5.82 Å². The van der Waals surface area contributed by atoms with Crippen LogP contribution in [0.4, 0.5) is 15.8 Å². The molecule has 0 bridgehead atoms. The maximum Gasteiger partial charge on any atom is 0.248 e. The van der Waals surface area contributed by atoms with Gasteiger partial charge in [-0.15, -0.1) is 0 Å². The molecule has 0 atom stereocenters. The standard InChI is InChI=1S/C19H17ClFN3O2/c20-16-11-15(6-7-17(16)24-10-9-22-19(26)12-24)23-18(25)8-3-13-1-4-14(21)5-2-13/h1-8,11H,9-10,12H2,(H,22,26)(H,23,25). The van der Waals surface area contributed by atoms with E-state index >= 15 is 0 Å². The van der Waals surface area contributed by atoms with Crippen molar-refractivity contribution in [1.29, 1.82) is 0 Å². The van der Waals surface area contributed by atoms with Gasteiger partial charge in [0.2, 0.25) is 11.8 Å². The molecule has 1 fully saturated rings. The van der Waals surface area contributed by atoms with Crippen molar-refractivity contribution in [3.8, 4) is 0 Å². The minimum atomic E-state index is -0.326. The van der Waals surface area contributed by atoms with Crippen LogP contribution in [0.1, 0.15) is 5.56 Å². The van der Waals surface area contributed by atoms with E-state index in [1.807, 2.05) is 4.90 Å². The Hall–Kier alpha value is -2.86. The molecule has 1 heterocycles. The minimum Gasteiger partial charge on any atom is -0.359 e. The molecule has 1 saturated heterocycles. The number of anilines is 2. The maximum atomic E-state index is 12.9. The predicted molar refractivity (Wildman–Crippen MR) is 101 cm³/mol. The van der Waals surface area contributed by atoms with Crippen molar-refractivity contribution in [2.75, 3.05) is 29.9 Å². The van der Waals surface area contributed by atoms with Gasteiger partial charge >= 0.3 is 0 Å². The topological polar surface area (TPSA) is 61.4 Å². The smallest absolute Gasteiger partial charge is 0.248 e. The van der Waals surface area contributed by atoms with Crippen molar-refractivity contribution in [3.63, 3.8) is 0 Å². The number of nitrogens with one attached hydrogen (secondary N) is 2. The lowest BCUT2D eigenvalue weighted by Gasteiger charge is -2.29. The van der Waals surface area contributed by atoms with E-state index in [1.165, 1.54) is 18.2 Å². The SMILES string of the molecule is O=C(C=Cc1ccc(F)cc1)Nc1ccc(N2CCNC(=O)C2)c(Cl)c1. The van der Waals surface area contributed by atoms with Crippen LogP contribution >= 0.6 is 11.6 Å². The predicted octanol–water partition coefficient (Wildman–Crippen LogP) is 3.07. The van der Waals surface area contributed by atoms with Gasteiger partial charge < -0.3 is 15.5 Å². The molecule has 3 rings (SSSR count). The van der Waals surface area contributed by atoms with Gasteiger partial charge in [0.25, 0.3) is 0 Å². The first-order valence-electron chi connectivity index (χ1n) is 8.07. The maximum absolute atomic E-state index is 12.9. The molecule has 26 heavy (non-hydrogen) atoms. The molecule has 2 N–H and O–H groups in total. The number of amides is 2. The molecule has 0 unspecified atom stereocenters. The van der Waals surface area contributed by atoms with Gasteiger partial charge in [-0.3, -0.25) is 9.59 Å². The third kappa shape index (κ3) is 4.61. The first-order chi connectivity index (χ1) is 12.5. The van der Waals surface area contributed by atoms with E-state index < -0.39 is 0 Å². The van der Waals surface area contributed by atoms with Gasteiger partial charge in [0.05, 0.1) is 17.3 Å². The van der Waals surface area contributed by atoms with Gasteiger partial charge in [-0.1, -0.05) is 23.7 Å². The van der Waals surface area contributed by atoms with Crippen molar-refractivity contribution in [2.45, 2.75) is 0 Å². The summed E-state index contributed by atoms with van der Waals surface area (Å²) >= 11 is 6.30. The third-order valence-electron chi connectivity index (χ3n) is 3.89. The average molecular weight is 374 g/mol. The van der Waals surface area contributed by atoms with Crippen LogP contribution in [0.2, 0.25) is 5.02 Å². The Labute approximate surface area is 155 Å². The van der Waals surface area contributed by atoms with Crippen molar-refractivity contribution in [1.82, 2.24) is 5.32 Å². The summed E-state index contributed by atoms with van der Waals surface area (Å²) < 4.78 is 12.9. The molecule has 0 radical (unpaired) electrons. The number of carbonyl (C=O) groups excluding carboxylic acids is 2. The fraction of sp³-hybridized carbons (Fsp3) is 0.158. The summed E-state index contributed by atoms with van der Waals surface area (Å²) in [6, 6.07) is 11.0. The first-order valence-corrected chi connectivity index (χ1v) is 8.45. The first kappa shape index (κ1) is 17.9. The highest BCUT2D eigenvalue weighted by molar-refractivity contribution is 6.33. The monoisotopic (exact) mass is 373 g/mol. The summed E-state index contributed by atoms with van der Waals surface area (Å²) in [5, 5.41) is 5.94. The van der Waals surface area contributed by atoms with Crippen LogP contribution in [0, 0.1) is 5.82 Å². The summed E-state index contributed by atoms with van der Waals surface area (Å²) in [5.41, 5.74) is 2.02. The van der Waals surface area contributed by atoms with Gasteiger partial charge in [0.15, 0.2) is 0 Å². The second-order valence-corrected chi connectivity index (χ2v) is 6.22. The van der Waals surface area contributed by atoms with Crippen LogP contribution in [-0.2, 0) is 9.59 Å². The zero-order valence-corrected chi connectivity index (χ0v) is 14.6. The van der Waals surface area contributed by atoms with Crippen molar-refractivity contribution >= 4 is 40.9 Å². The summed E-state index contributed by atoms with van der Waals surface area (Å²) in [4.78, 5) is 25.4. The molecular weight excluding hydrogens is 357 g/mol. The fourth-order valence-electron chi connectivity index (χ4n) is 2.62. The number of nitrogens with zero attached hydrogens (tertiary/aromatic N) is 1. The van der Waals surface area contributed by atoms with Crippen molar-refractivity contribution < 1.29 is 14.0 Å². The molecule has 0 saturated carbocycles. The Kier molecular flexibility index (Phi) is 5.53. The normalized spacial score (nSPS) is 14.4. The number of halogens is 2. The van der Waals surface area contributed by atoms with E-state index in [0.717, 1.165) is 11.3 Å². The van der Waals surface area contributed by atoms with Gasteiger partial charge in [-0.25, -0.2) is 4.39 Å². The van der Waals surface area contributed by atoms with E-state index in [-0.39, 0.29) is 24.2 Å². The van der Waals surface area contributed by atoms with E-state index in [1.54, 1.807) is 36.4 Å². The van der Waals surface area contributed by atoms with Crippen molar-refractivity contribution in [2.24, 2.45) is 0 Å². The number of hydrogen-bond donors (Lipinski definition) is 2. The Morgan fingerprint density at radius 3 is 2.69 bits per heavy atom. The number of piperazine rings is 1. The lowest BCUT2D eigenvalue weighted by atomic mass is 10.2. The van der Waals surface area contributed by atoms with Crippen LogP contribution in [-0.4, -0.2) is 31.4 Å². The van der Waals surface area contributed by atoms with E-state index in [4.69, 9.17) is 11.6 Å². The molecule has 2 aromatic carbocycles. The van der Waals surface area contributed by atoms with E-state index in [0.29, 0.717) is 23.8 Å². The van der Waals surface area contributed by atoms with Crippen LogP contribution in [0.5, 0.6) is 0 Å². The molecule has 5 nitrogen and oxygen atoms in total. The van der Waals surface area contributed by atoms with Gasteiger partial charge in [-0.05, 0) is 42.0 Å². The summed E-state index contributed by atoms with van der Waals surface area (Å²) in [6.07, 6.45) is 2.96. The Morgan fingerprint density at radius 1 is 1.23 bits per heavy atom. The molecule has 1 aliphatic rings. The summed E-state index contributed by atoms with van der Waals surface area (Å²) in [5.74, 6) is -0.696. The molecule has 0 aliphatic carbocycles. The highest BCUT2D eigenvalue weighted by Gasteiger charge is 2.18. The second kappa shape index (κ2) is 8.01. The van der Waals surface area contributed by atoms with Crippen LogP contribution in [0.15, 0.2) is 48.5 Å². The Morgan fingerprint density at radius 2 is 2.00 bits per heavy atom. The van der Waals surface area contributed by atoms with Crippen LogP contribution < -0.4 is 15.5 Å². The Balaban J connectivity index is 1.64. The third-order valence-corrected chi connectivity index (χ3v) is 4.19. The summed E-state index contributed by atoms with van der Waals surface area (Å²) in [7, 11) is 0. The Bertz CT molecular complexity index is 852. The zero-order valence-electron chi connectivity index (χ0n) is 13.8. The van der Waals surface area contributed by atoms with Crippen LogP contribution in [0.3, 0.4) is 0 Å².